The van der Waals surface area contributed by atoms with Crippen molar-refractivity contribution < 1.29 is 30.4 Å². The molecule has 4 bridgehead atoms. The van der Waals surface area contributed by atoms with Gasteiger partial charge in [-0.2, -0.15) is 8.78 Å². The van der Waals surface area contributed by atoms with E-state index in [1.807, 2.05) is 0 Å². The van der Waals surface area contributed by atoms with E-state index in [0.717, 1.165) is 38.5 Å². The lowest BCUT2D eigenvalue weighted by Gasteiger charge is -2.56. The fraction of sp³-hybridized carbons (Fsp3) is 0.933. The fourth-order valence-corrected chi connectivity index (χ4v) is 7.67. The maximum Gasteiger partial charge on any atom is 0.436 e. The van der Waals surface area contributed by atoms with Crippen LogP contribution in [-0.4, -0.2) is 51.6 Å². The molecule has 0 aromatic rings. The number of sulfonamides is 2. The van der Waals surface area contributed by atoms with E-state index in [2.05, 4.69) is 5.32 Å². The average Bonchev–Trinajstić information content (AvgIpc) is 2.49. The quantitative estimate of drug-likeness (QED) is 0.702. The van der Waals surface area contributed by atoms with Crippen molar-refractivity contribution in [3.63, 3.8) is 0 Å². The average molecular weight is 414 g/mol. The zero-order chi connectivity index (χ0) is 19.5. The van der Waals surface area contributed by atoms with Crippen molar-refractivity contribution in [3.05, 3.63) is 0 Å². The first kappa shape index (κ1) is 19.9. The maximum absolute atomic E-state index is 14.2. The number of halogens is 2. The summed E-state index contributed by atoms with van der Waals surface area (Å²) in [5.41, 5.74) is -0.243. The molecule has 0 radical (unpaired) electrons. The molecular weight excluding hydrogens is 390 g/mol. The number of nitrogens with one attached hydrogen (secondary N) is 1. The van der Waals surface area contributed by atoms with E-state index in [-0.39, 0.29) is 12.0 Å². The van der Waals surface area contributed by atoms with Crippen molar-refractivity contribution >= 4 is 26.0 Å². The fourth-order valence-electron chi connectivity index (χ4n) is 5.33. The van der Waals surface area contributed by atoms with Crippen LogP contribution in [0.1, 0.15) is 38.5 Å². The summed E-state index contributed by atoms with van der Waals surface area (Å²) in [5.74, 6) is -0.306. The lowest BCUT2D eigenvalue weighted by molar-refractivity contribution is -0.137. The van der Waals surface area contributed by atoms with Crippen LogP contribution in [0.3, 0.4) is 0 Å². The summed E-state index contributed by atoms with van der Waals surface area (Å²) in [5, 5.41) is -2.75. The van der Waals surface area contributed by atoms with Crippen molar-refractivity contribution in [2.45, 2.75) is 43.8 Å². The second kappa shape index (κ2) is 6.10. The van der Waals surface area contributed by atoms with E-state index in [0.29, 0.717) is 31.1 Å². The summed E-state index contributed by atoms with van der Waals surface area (Å²) >= 11 is 0. The van der Waals surface area contributed by atoms with Crippen LogP contribution in [0, 0.1) is 23.2 Å². The van der Waals surface area contributed by atoms with Gasteiger partial charge in [0.05, 0.1) is 6.26 Å². The van der Waals surface area contributed by atoms with Gasteiger partial charge in [-0.15, -0.1) is 0 Å². The van der Waals surface area contributed by atoms with Crippen LogP contribution in [-0.2, 0) is 24.8 Å². The Bertz CT molecular complexity index is 775. The zero-order valence-electron chi connectivity index (χ0n) is 14.7. The van der Waals surface area contributed by atoms with Gasteiger partial charge in [0.15, 0.2) is 0 Å². The Balaban J connectivity index is 1.71. The summed E-state index contributed by atoms with van der Waals surface area (Å²) in [6.45, 7) is 0.00301. The van der Waals surface area contributed by atoms with Crippen LogP contribution < -0.4 is 5.32 Å². The summed E-state index contributed by atoms with van der Waals surface area (Å²) in [6.07, 6.45) is 6.52. The molecule has 4 fully saturated rings. The van der Waals surface area contributed by atoms with Gasteiger partial charge in [0.25, 0.3) is 0 Å². The first-order valence-electron chi connectivity index (χ1n) is 8.62. The zero-order valence-corrected chi connectivity index (χ0v) is 16.4. The van der Waals surface area contributed by atoms with E-state index in [1.165, 1.54) is 0 Å². The molecule has 0 saturated heterocycles. The van der Waals surface area contributed by atoms with Crippen molar-refractivity contribution in [1.29, 1.82) is 0 Å². The molecule has 1 N–H and O–H groups in total. The molecule has 7 nitrogen and oxygen atoms in total. The van der Waals surface area contributed by atoms with Gasteiger partial charge in [-0.1, -0.05) is 3.71 Å². The predicted molar refractivity (Wildman–Crippen MR) is 90.1 cm³/mol. The van der Waals surface area contributed by atoms with Gasteiger partial charge in [0.1, 0.15) is 0 Å². The first-order chi connectivity index (χ1) is 11.8. The third-order valence-electron chi connectivity index (χ3n) is 6.18. The number of carbonyl (C=O) groups excluding carboxylic acids is 1. The maximum atomic E-state index is 14.2. The summed E-state index contributed by atoms with van der Waals surface area (Å²) in [6, 6.07) is 0. The highest BCUT2D eigenvalue weighted by molar-refractivity contribution is 8.04. The van der Waals surface area contributed by atoms with Gasteiger partial charge >= 0.3 is 21.2 Å². The Labute approximate surface area is 152 Å². The SMILES string of the molecule is CN(S(C)(=O)=O)S(=O)(=O)C(F)(F)C(=O)NCC12CC3CC(CC(C3)C1)C2. The number of nitrogens with zero attached hydrogens (tertiary/aromatic N) is 1. The molecule has 0 unspecified atom stereocenters. The van der Waals surface area contributed by atoms with Gasteiger partial charge < -0.3 is 5.32 Å². The Morgan fingerprint density at radius 1 is 1.08 bits per heavy atom. The van der Waals surface area contributed by atoms with Crippen molar-refractivity contribution in [2.75, 3.05) is 19.8 Å². The summed E-state index contributed by atoms with van der Waals surface area (Å²) in [7, 11) is -9.63. The lowest BCUT2D eigenvalue weighted by Crippen LogP contribution is -2.56. The minimum atomic E-state index is -5.67. The smallest absolute Gasteiger partial charge is 0.349 e. The van der Waals surface area contributed by atoms with E-state index in [9.17, 15) is 30.4 Å². The number of alkyl halides is 2. The minimum absolute atomic E-state index is 0.00301. The normalized spacial score (nSPS) is 34.3. The molecule has 4 aliphatic rings. The summed E-state index contributed by atoms with van der Waals surface area (Å²) < 4.78 is 74.4. The number of rotatable bonds is 6. The molecule has 0 aliphatic heterocycles. The van der Waals surface area contributed by atoms with Crippen molar-refractivity contribution in [1.82, 2.24) is 9.03 Å². The highest BCUT2D eigenvalue weighted by Crippen LogP contribution is 2.59. The first-order valence-corrected chi connectivity index (χ1v) is 11.9. The van der Waals surface area contributed by atoms with Crippen LogP contribution in [0.5, 0.6) is 0 Å². The van der Waals surface area contributed by atoms with E-state index in [4.69, 9.17) is 0 Å². The standard InChI is InChI=1S/C15H24F2N2O5S2/c1-19(25(2,21)22)26(23,24)15(16,17)13(20)18-9-14-6-10-3-11(7-14)5-12(4-10)8-14/h10-12H,3-9H2,1-2H3,(H,18,20). The third kappa shape index (κ3) is 3.26. The number of carbonyl (C=O) groups is 1. The molecule has 150 valence electrons. The van der Waals surface area contributed by atoms with E-state index in [1.54, 1.807) is 0 Å². The molecule has 0 spiro atoms. The Hall–Kier alpha value is -0.810. The molecule has 4 rings (SSSR count). The second-order valence-corrected chi connectivity index (χ2v) is 12.5. The number of amides is 1. The monoisotopic (exact) mass is 414 g/mol. The van der Waals surface area contributed by atoms with Gasteiger partial charge in [-0.3, -0.25) is 4.79 Å². The molecule has 0 aromatic carbocycles. The van der Waals surface area contributed by atoms with Crippen LogP contribution >= 0.6 is 0 Å². The number of hydrogen-bond acceptors (Lipinski definition) is 5. The van der Waals surface area contributed by atoms with Gasteiger partial charge in [-0.25, -0.2) is 16.8 Å². The topological polar surface area (TPSA) is 101 Å². The number of hydrogen-bond donors (Lipinski definition) is 1. The van der Waals surface area contributed by atoms with E-state index < -0.39 is 34.9 Å². The largest absolute Gasteiger partial charge is 0.436 e. The summed E-state index contributed by atoms with van der Waals surface area (Å²) in [4.78, 5) is 12.0. The van der Waals surface area contributed by atoms with Crippen LogP contribution in [0.2, 0.25) is 0 Å². The lowest BCUT2D eigenvalue weighted by atomic mass is 9.49. The predicted octanol–water partition coefficient (Wildman–Crippen LogP) is 1.13. The third-order valence-corrected chi connectivity index (χ3v) is 10.0. The molecule has 0 atom stereocenters. The Morgan fingerprint density at radius 2 is 1.50 bits per heavy atom. The van der Waals surface area contributed by atoms with Gasteiger partial charge in [-0.05, 0) is 61.7 Å². The molecule has 1 amide bonds. The Kier molecular flexibility index (Phi) is 4.68. The highest BCUT2D eigenvalue weighted by atomic mass is 32.3. The van der Waals surface area contributed by atoms with E-state index >= 15 is 0 Å². The molecule has 11 heteroatoms. The Morgan fingerprint density at radius 3 is 1.88 bits per heavy atom. The van der Waals surface area contributed by atoms with Gasteiger partial charge in [0, 0.05) is 13.6 Å². The van der Waals surface area contributed by atoms with Crippen molar-refractivity contribution in [2.24, 2.45) is 23.2 Å². The van der Waals surface area contributed by atoms with Crippen LogP contribution in [0.25, 0.3) is 0 Å². The molecule has 0 aromatic heterocycles. The molecular formula is C15H24F2N2O5S2. The van der Waals surface area contributed by atoms with Crippen LogP contribution in [0.15, 0.2) is 0 Å². The van der Waals surface area contributed by atoms with Gasteiger partial charge in [0.2, 0.25) is 10.0 Å². The molecule has 26 heavy (non-hydrogen) atoms. The molecule has 0 heterocycles. The van der Waals surface area contributed by atoms with Crippen molar-refractivity contribution in [3.8, 4) is 0 Å². The second-order valence-electron chi connectivity index (χ2n) is 8.26. The molecule has 4 aliphatic carbocycles. The molecule has 4 saturated carbocycles. The van der Waals surface area contributed by atoms with Crippen LogP contribution in [0.4, 0.5) is 8.78 Å². The minimum Gasteiger partial charge on any atom is -0.349 e. The highest BCUT2D eigenvalue weighted by Gasteiger charge is 2.58.